The Balaban J connectivity index is 2.02. The Hall–Kier alpha value is -2.40. The number of hydrogen-bond acceptors (Lipinski definition) is 3. The molecule has 3 heterocycles. The molecule has 0 saturated carbocycles. The minimum absolute atomic E-state index is 0.241. The van der Waals surface area contributed by atoms with Crippen LogP contribution in [0.2, 0.25) is 5.28 Å². The van der Waals surface area contributed by atoms with Gasteiger partial charge < -0.3 is 9.55 Å². The van der Waals surface area contributed by atoms with Gasteiger partial charge in [-0.05, 0) is 24.1 Å². The molecular weight excluding hydrogens is 298 g/mol. The van der Waals surface area contributed by atoms with Gasteiger partial charge >= 0.3 is 0 Å². The monoisotopic (exact) mass is 311 g/mol. The lowest BCUT2D eigenvalue weighted by Crippen LogP contribution is -1.98. The van der Waals surface area contributed by atoms with Crippen LogP contribution in [0.3, 0.4) is 0 Å². The largest absolute Gasteiger partial charge is 0.360 e. The van der Waals surface area contributed by atoms with Crippen molar-refractivity contribution < 1.29 is 0 Å². The van der Waals surface area contributed by atoms with E-state index in [1.807, 2.05) is 29.0 Å². The summed E-state index contributed by atoms with van der Waals surface area (Å²) in [6, 6.07) is 8.11. The van der Waals surface area contributed by atoms with Gasteiger partial charge in [-0.15, -0.1) is 0 Å². The highest BCUT2D eigenvalue weighted by molar-refractivity contribution is 6.28. The zero-order valence-corrected chi connectivity index (χ0v) is 12.8. The van der Waals surface area contributed by atoms with Crippen LogP contribution in [0.5, 0.6) is 0 Å². The minimum atomic E-state index is 0.241. The van der Waals surface area contributed by atoms with E-state index in [9.17, 15) is 0 Å². The van der Waals surface area contributed by atoms with Crippen LogP contribution < -0.4 is 0 Å². The average molecular weight is 312 g/mol. The Kier molecular flexibility index (Phi) is 3.08. The third-order valence-electron chi connectivity index (χ3n) is 3.75. The molecule has 0 aliphatic rings. The van der Waals surface area contributed by atoms with Crippen molar-refractivity contribution in [1.29, 1.82) is 0 Å². The van der Waals surface area contributed by atoms with Crippen LogP contribution in [0.4, 0.5) is 0 Å². The predicted molar refractivity (Wildman–Crippen MR) is 87.9 cm³/mol. The molecule has 0 spiro atoms. The van der Waals surface area contributed by atoms with E-state index in [0.29, 0.717) is 0 Å². The number of imidazole rings is 1. The van der Waals surface area contributed by atoms with Gasteiger partial charge in [-0.25, -0.2) is 9.97 Å². The Bertz CT molecular complexity index is 969. The van der Waals surface area contributed by atoms with E-state index in [1.54, 1.807) is 6.33 Å². The topological polar surface area (TPSA) is 59.4 Å². The smallest absolute Gasteiger partial charge is 0.225 e. The van der Waals surface area contributed by atoms with E-state index in [4.69, 9.17) is 11.6 Å². The lowest BCUT2D eigenvalue weighted by Gasteiger charge is -2.04. The fourth-order valence-corrected chi connectivity index (χ4v) is 2.94. The van der Waals surface area contributed by atoms with E-state index in [1.165, 1.54) is 0 Å². The molecule has 1 N–H and O–H groups in total. The molecule has 1 aromatic carbocycles. The molecule has 0 saturated heterocycles. The first-order chi connectivity index (χ1) is 10.8. The molecule has 0 amide bonds. The van der Waals surface area contributed by atoms with Crippen LogP contribution in [-0.2, 0) is 6.54 Å². The SMILES string of the molecule is CCCn1cnc2c(-c3c[nH]c4ccccc34)nc(Cl)nc21. The van der Waals surface area contributed by atoms with E-state index in [2.05, 4.69) is 32.9 Å². The van der Waals surface area contributed by atoms with Crippen molar-refractivity contribution in [3.8, 4) is 11.3 Å². The molecule has 0 atom stereocenters. The summed E-state index contributed by atoms with van der Waals surface area (Å²) in [6.07, 6.45) is 4.76. The van der Waals surface area contributed by atoms with Crippen molar-refractivity contribution >= 4 is 33.7 Å². The minimum Gasteiger partial charge on any atom is -0.360 e. The van der Waals surface area contributed by atoms with Gasteiger partial charge in [-0.2, -0.15) is 4.98 Å². The van der Waals surface area contributed by atoms with Crippen molar-refractivity contribution in [2.45, 2.75) is 19.9 Å². The molecule has 22 heavy (non-hydrogen) atoms. The highest BCUT2D eigenvalue weighted by Crippen LogP contribution is 2.32. The highest BCUT2D eigenvalue weighted by atomic mass is 35.5. The third kappa shape index (κ3) is 1.97. The first-order valence-electron chi connectivity index (χ1n) is 7.23. The molecule has 4 rings (SSSR count). The van der Waals surface area contributed by atoms with E-state index in [0.717, 1.165) is 46.3 Å². The molecule has 0 radical (unpaired) electrons. The maximum atomic E-state index is 6.15. The number of aryl methyl sites for hydroxylation is 1. The molecule has 4 aromatic rings. The quantitative estimate of drug-likeness (QED) is 0.581. The molecule has 0 aliphatic carbocycles. The van der Waals surface area contributed by atoms with E-state index in [-0.39, 0.29) is 5.28 Å². The Morgan fingerprint density at radius 3 is 2.95 bits per heavy atom. The lowest BCUT2D eigenvalue weighted by molar-refractivity contribution is 0.691. The lowest BCUT2D eigenvalue weighted by atomic mass is 10.1. The first-order valence-corrected chi connectivity index (χ1v) is 7.60. The number of nitrogens with zero attached hydrogens (tertiary/aromatic N) is 4. The standard InChI is InChI=1S/C16H14ClN5/c1-2-7-22-9-19-14-13(20-16(17)21-15(14)22)11-8-18-12-6-4-3-5-10(11)12/h3-6,8-9,18H,2,7H2,1H3. The van der Waals surface area contributed by atoms with Crippen LogP contribution in [0.25, 0.3) is 33.3 Å². The number of para-hydroxylation sites is 1. The summed E-state index contributed by atoms with van der Waals surface area (Å²) >= 11 is 6.15. The van der Waals surface area contributed by atoms with Crippen molar-refractivity contribution in [1.82, 2.24) is 24.5 Å². The second-order valence-electron chi connectivity index (χ2n) is 5.20. The summed E-state index contributed by atoms with van der Waals surface area (Å²) in [6.45, 7) is 2.98. The summed E-state index contributed by atoms with van der Waals surface area (Å²) in [5, 5.41) is 1.34. The number of benzene rings is 1. The summed E-state index contributed by atoms with van der Waals surface area (Å²) in [5.41, 5.74) is 4.38. The zero-order chi connectivity index (χ0) is 15.1. The zero-order valence-electron chi connectivity index (χ0n) is 12.0. The second kappa shape index (κ2) is 5.10. The average Bonchev–Trinajstić information content (AvgIpc) is 3.12. The second-order valence-corrected chi connectivity index (χ2v) is 5.54. The molecule has 5 nitrogen and oxygen atoms in total. The van der Waals surface area contributed by atoms with Gasteiger partial charge in [0.2, 0.25) is 5.28 Å². The van der Waals surface area contributed by atoms with Crippen LogP contribution in [0, 0.1) is 0 Å². The van der Waals surface area contributed by atoms with Gasteiger partial charge in [0, 0.05) is 29.2 Å². The van der Waals surface area contributed by atoms with Gasteiger partial charge in [0.05, 0.1) is 6.33 Å². The Labute approximate surface area is 132 Å². The molecule has 110 valence electrons. The number of nitrogens with one attached hydrogen (secondary N) is 1. The van der Waals surface area contributed by atoms with Gasteiger partial charge in [-0.1, -0.05) is 25.1 Å². The number of fused-ring (bicyclic) bond motifs is 2. The van der Waals surface area contributed by atoms with Crippen LogP contribution in [-0.4, -0.2) is 24.5 Å². The number of aromatic amines is 1. The predicted octanol–water partition coefficient (Wildman–Crippen LogP) is 4.04. The molecule has 3 aromatic heterocycles. The Morgan fingerprint density at radius 1 is 1.23 bits per heavy atom. The van der Waals surface area contributed by atoms with Crippen LogP contribution in [0.15, 0.2) is 36.8 Å². The Morgan fingerprint density at radius 2 is 2.09 bits per heavy atom. The fraction of sp³-hybridized carbons (Fsp3) is 0.188. The highest BCUT2D eigenvalue weighted by Gasteiger charge is 2.16. The van der Waals surface area contributed by atoms with Crippen molar-refractivity contribution in [2.24, 2.45) is 0 Å². The van der Waals surface area contributed by atoms with Gasteiger partial charge in [0.25, 0.3) is 0 Å². The van der Waals surface area contributed by atoms with Gasteiger partial charge in [0.1, 0.15) is 11.2 Å². The number of aromatic nitrogens is 5. The fourth-order valence-electron chi connectivity index (χ4n) is 2.78. The number of hydrogen-bond donors (Lipinski definition) is 1. The summed E-state index contributed by atoms with van der Waals surface area (Å²) in [7, 11) is 0. The van der Waals surface area contributed by atoms with Crippen molar-refractivity contribution in [3.63, 3.8) is 0 Å². The number of H-pyrrole nitrogens is 1. The third-order valence-corrected chi connectivity index (χ3v) is 3.91. The first kappa shape index (κ1) is 13.3. The maximum Gasteiger partial charge on any atom is 0.225 e. The summed E-state index contributed by atoms with van der Waals surface area (Å²) < 4.78 is 2.02. The normalized spacial score (nSPS) is 11.5. The summed E-state index contributed by atoms with van der Waals surface area (Å²) in [5.74, 6) is 0. The molecular formula is C16H14ClN5. The van der Waals surface area contributed by atoms with Crippen LogP contribution >= 0.6 is 11.6 Å². The number of halogens is 1. The maximum absolute atomic E-state index is 6.15. The van der Waals surface area contributed by atoms with E-state index >= 15 is 0 Å². The number of rotatable bonds is 3. The van der Waals surface area contributed by atoms with E-state index < -0.39 is 0 Å². The van der Waals surface area contributed by atoms with Crippen LogP contribution in [0.1, 0.15) is 13.3 Å². The molecule has 0 fully saturated rings. The molecule has 0 bridgehead atoms. The van der Waals surface area contributed by atoms with Crippen molar-refractivity contribution in [3.05, 3.63) is 42.1 Å². The molecule has 6 heteroatoms. The van der Waals surface area contributed by atoms with Gasteiger partial charge in [0.15, 0.2) is 5.65 Å². The molecule has 0 unspecified atom stereocenters. The van der Waals surface area contributed by atoms with Gasteiger partial charge in [-0.3, -0.25) is 0 Å². The molecule has 0 aliphatic heterocycles. The summed E-state index contributed by atoms with van der Waals surface area (Å²) in [4.78, 5) is 16.5. The van der Waals surface area contributed by atoms with Crippen molar-refractivity contribution in [2.75, 3.05) is 0 Å².